The summed E-state index contributed by atoms with van der Waals surface area (Å²) in [5.74, 6) is -2.03. The van der Waals surface area contributed by atoms with Gasteiger partial charge >= 0.3 is 6.18 Å². The highest BCUT2D eigenvalue weighted by Crippen LogP contribution is 2.55. The number of carbonyl (C=O) groups excluding carboxylic acids is 1. The van der Waals surface area contributed by atoms with E-state index in [1.807, 2.05) is 0 Å². The minimum Gasteiger partial charge on any atom is -0.505 e. The van der Waals surface area contributed by atoms with Crippen molar-refractivity contribution in [1.82, 2.24) is 5.32 Å². The number of fused-ring (bicyclic) bond motifs is 2. The van der Waals surface area contributed by atoms with Crippen LogP contribution in [-0.2, 0) is 12.0 Å². The van der Waals surface area contributed by atoms with E-state index in [1.54, 1.807) is 6.07 Å². The average molecular weight is 424 g/mol. The Hall–Kier alpha value is -2.81. The van der Waals surface area contributed by atoms with Crippen LogP contribution in [0.2, 0.25) is 0 Å². The van der Waals surface area contributed by atoms with E-state index in [4.69, 9.17) is 0 Å². The van der Waals surface area contributed by atoms with Crippen LogP contribution < -0.4 is 10.6 Å². The molecule has 0 spiro atoms. The number of phenolic OH excluding ortho intramolecular Hbond substituents is 1. The fourth-order valence-corrected chi connectivity index (χ4v) is 4.64. The Morgan fingerprint density at radius 1 is 1.20 bits per heavy atom. The van der Waals surface area contributed by atoms with Crippen molar-refractivity contribution in [1.29, 1.82) is 0 Å². The van der Waals surface area contributed by atoms with Gasteiger partial charge in [-0.15, -0.1) is 0 Å². The van der Waals surface area contributed by atoms with E-state index >= 15 is 0 Å². The molecule has 1 aliphatic heterocycles. The summed E-state index contributed by atoms with van der Waals surface area (Å²) in [7, 11) is 0. The van der Waals surface area contributed by atoms with Crippen LogP contribution in [-0.4, -0.2) is 27.9 Å². The van der Waals surface area contributed by atoms with Gasteiger partial charge in [-0.2, -0.15) is 13.2 Å². The molecule has 4 N–H and O–H groups in total. The van der Waals surface area contributed by atoms with Crippen LogP contribution in [0.3, 0.4) is 0 Å². The molecule has 0 bridgehead atoms. The van der Waals surface area contributed by atoms with Crippen LogP contribution in [0.5, 0.6) is 5.75 Å². The SMILES string of the molecule is CC1(C)CC(O)(C(F)(F)F)C(Nc2cccc3c2CNC3=O)c2ccc(O)c(F)c21. The largest absolute Gasteiger partial charge is 0.505 e. The Balaban J connectivity index is 1.92. The second-order valence-electron chi connectivity index (χ2n) is 8.44. The van der Waals surface area contributed by atoms with Gasteiger partial charge in [0, 0.05) is 28.9 Å². The van der Waals surface area contributed by atoms with E-state index in [-0.39, 0.29) is 29.3 Å². The molecule has 2 unspecified atom stereocenters. The number of aliphatic hydroxyl groups is 1. The van der Waals surface area contributed by atoms with Crippen molar-refractivity contribution in [2.75, 3.05) is 5.32 Å². The predicted octanol–water partition coefficient (Wildman–Crippen LogP) is 3.90. The lowest BCUT2D eigenvalue weighted by atomic mass is 9.63. The van der Waals surface area contributed by atoms with Gasteiger partial charge in [-0.1, -0.05) is 26.0 Å². The molecule has 4 rings (SSSR count). The molecule has 30 heavy (non-hydrogen) atoms. The summed E-state index contributed by atoms with van der Waals surface area (Å²) in [4.78, 5) is 11.9. The standard InChI is InChI=1S/C21H20F4N2O3/c1-19(2)9-20(30,21(23,24)25)17(11-6-7-14(28)16(22)15(11)19)27-13-5-3-4-10-12(13)8-26-18(10)29/h3-7,17,27-28,30H,8-9H2,1-2H3,(H,26,29). The quantitative estimate of drug-likeness (QED) is 0.552. The monoisotopic (exact) mass is 424 g/mol. The normalized spacial score (nSPS) is 24.8. The molecular weight excluding hydrogens is 404 g/mol. The van der Waals surface area contributed by atoms with Crippen LogP contribution in [0.25, 0.3) is 0 Å². The molecule has 5 nitrogen and oxygen atoms in total. The van der Waals surface area contributed by atoms with Crippen LogP contribution in [0.1, 0.15) is 53.4 Å². The van der Waals surface area contributed by atoms with Gasteiger partial charge in [0.2, 0.25) is 0 Å². The number of alkyl halides is 3. The Kier molecular flexibility index (Phi) is 4.33. The number of rotatable bonds is 2. The summed E-state index contributed by atoms with van der Waals surface area (Å²) in [6.45, 7) is 2.91. The molecule has 2 atom stereocenters. The van der Waals surface area contributed by atoms with Gasteiger partial charge in [0.05, 0.1) is 6.04 Å². The number of amides is 1. The van der Waals surface area contributed by atoms with Crippen LogP contribution in [0.4, 0.5) is 23.2 Å². The third-order valence-electron chi connectivity index (χ3n) is 5.97. The molecule has 0 saturated heterocycles. The van der Waals surface area contributed by atoms with Crippen molar-refractivity contribution >= 4 is 11.6 Å². The molecule has 0 radical (unpaired) electrons. The van der Waals surface area contributed by atoms with Crippen molar-refractivity contribution in [3.05, 3.63) is 58.4 Å². The van der Waals surface area contributed by atoms with E-state index in [2.05, 4.69) is 10.6 Å². The highest BCUT2D eigenvalue weighted by Gasteiger charge is 2.64. The zero-order valence-electron chi connectivity index (χ0n) is 16.2. The number of anilines is 1. The Bertz CT molecular complexity index is 1050. The molecular formula is C21H20F4N2O3. The molecule has 0 saturated carbocycles. The highest BCUT2D eigenvalue weighted by molar-refractivity contribution is 6.00. The lowest BCUT2D eigenvalue weighted by molar-refractivity contribution is -0.276. The molecule has 160 valence electrons. The van der Waals surface area contributed by atoms with E-state index in [9.17, 15) is 32.6 Å². The first-order valence-electron chi connectivity index (χ1n) is 9.34. The lowest BCUT2D eigenvalue weighted by Gasteiger charge is -2.49. The van der Waals surface area contributed by atoms with Gasteiger partial charge in [-0.05, 0) is 35.6 Å². The maximum Gasteiger partial charge on any atom is 0.419 e. The second-order valence-corrected chi connectivity index (χ2v) is 8.44. The maximum atomic E-state index is 14.8. The first-order valence-corrected chi connectivity index (χ1v) is 9.34. The smallest absolute Gasteiger partial charge is 0.419 e. The number of carbonyl (C=O) groups is 1. The van der Waals surface area contributed by atoms with Gasteiger partial charge in [0.1, 0.15) is 0 Å². The molecule has 2 aromatic rings. The summed E-state index contributed by atoms with van der Waals surface area (Å²) in [5, 5.41) is 26.1. The number of nitrogens with one attached hydrogen (secondary N) is 2. The summed E-state index contributed by atoms with van der Waals surface area (Å²) in [6, 6.07) is 4.99. The Morgan fingerprint density at radius 2 is 1.90 bits per heavy atom. The third kappa shape index (κ3) is 2.83. The topological polar surface area (TPSA) is 81.6 Å². The maximum absolute atomic E-state index is 14.8. The second kappa shape index (κ2) is 6.34. The minimum absolute atomic E-state index is 0.0873. The van der Waals surface area contributed by atoms with Crippen molar-refractivity contribution < 1.29 is 32.6 Å². The molecule has 1 amide bonds. The first kappa shape index (κ1) is 20.5. The van der Waals surface area contributed by atoms with Gasteiger partial charge in [0.25, 0.3) is 5.91 Å². The van der Waals surface area contributed by atoms with Gasteiger partial charge < -0.3 is 20.8 Å². The summed E-state index contributed by atoms with van der Waals surface area (Å²) < 4.78 is 57.2. The van der Waals surface area contributed by atoms with Gasteiger partial charge in [0.15, 0.2) is 17.2 Å². The summed E-state index contributed by atoms with van der Waals surface area (Å²) in [6.07, 6.45) is -5.85. The van der Waals surface area contributed by atoms with E-state index in [0.29, 0.717) is 11.1 Å². The van der Waals surface area contributed by atoms with Gasteiger partial charge in [-0.3, -0.25) is 4.79 Å². The molecule has 0 fully saturated rings. The zero-order chi connectivity index (χ0) is 22.1. The first-order chi connectivity index (χ1) is 13.9. The Morgan fingerprint density at radius 3 is 2.57 bits per heavy atom. The lowest BCUT2D eigenvalue weighted by Crippen LogP contribution is -2.58. The fourth-order valence-electron chi connectivity index (χ4n) is 4.64. The number of benzene rings is 2. The molecule has 2 aliphatic rings. The van der Waals surface area contributed by atoms with Gasteiger partial charge in [-0.25, -0.2) is 4.39 Å². The van der Waals surface area contributed by atoms with Crippen LogP contribution in [0.15, 0.2) is 30.3 Å². The highest BCUT2D eigenvalue weighted by atomic mass is 19.4. The fraction of sp³-hybridized carbons (Fsp3) is 0.381. The molecule has 9 heteroatoms. The third-order valence-corrected chi connectivity index (χ3v) is 5.97. The van der Waals surface area contributed by atoms with Crippen molar-refractivity contribution in [2.45, 2.75) is 50.0 Å². The summed E-state index contributed by atoms with van der Waals surface area (Å²) >= 11 is 0. The number of hydrogen-bond acceptors (Lipinski definition) is 4. The van der Waals surface area contributed by atoms with Crippen molar-refractivity contribution in [3.8, 4) is 5.75 Å². The van der Waals surface area contributed by atoms with Crippen molar-refractivity contribution in [2.24, 2.45) is 0 Å². The zero-order valence-corrected chi connectivity index (χ0v) is 16.2. The average Bonchev–Trinajstić information content (AvgIpc) is 3.01. The summed E-state index contributed by atoms with van der Waals surface area (Å²) in [5.41, 5.74) is -3.78. The molecule has 1 aliphatic carbocycles. The molecule has 0 aromatic heterocycles. The molecule has 1 heterocycles. The van der Waals surface area contributed by atoms with Crippen LogP contribution >= 0.6 is 0 Å². The number of phenols is 1. The van der Waals surface area contributed by atoms with E-state index < -0.39 is 41.2 Å². The van der Waals surface area contributed by atoms with Crippen LogP contribution in [0, 0.1) is 5.82 Å². The Labute approximate surface area is 169 Å². The predicted molar refractivity (Wildman–Crippen MR) is 101 cm³/mol. The molecule has 2 aromatic carbocycles. The van der Waals surface area contributed by atoms with Crippen molar-refractivity contribution in [3.63, 3.8) is 0 Å². The van der Waals surface area contributed by atoms with E-state index in [0.717, 1.165) is 6.07 Å². The minimum atomic E-state index is -5.03. The number of aromatic hydroxyl groups is 1. The number of hydrogen-bond donors (Lipinski definition) is 4. The van der Waals surface area contributed by atoms with E-state index in [1.165, 1.54) is 32.0 Å². The number of halogens is 4.